The van der Waals surface area contributed by atoms with E-state index < -0.39 is 0 Å². The quantitative estimate of drug-likeness (QED) is 0.707. The van der Waals surface area contributed by atoms with Crippen LogP contribution in [0, 0.1) is 0 Å². The fourth-order valence-electron chi connectivity index (χ4n) is 3.52. The van der Waals surface area contributed by atoms with Crippen molar-refractivity contribution in [3.05, 3.63) is 72.6 Å². The second-order valence-electron chi connectivity index (χ2n) is 7.47. The van der Waals surface area contributed by atoms with Crippen molar-refractivity contribution in [1.29, 1.82) is 0 Å². The molecule has 1 aromatic heterocycles. The number of carbonyl (C=O) groups excluding carboxylic acids is 1. The minimum Gasteiger partial charge on any atom is -0.378 e. The van der Waals surface area contributed by atoms with E-state index in [1.54, 1.807) is 0 Å². The Morgan fingerprint density at radius 3 is 2.23 bits per heavy atom. The Morgan fingerprint density at radius 1 is 0.900 bits per heavy atom. The molecule has 0 radical (unpaired) electrons. The van der Waals surface area contributed by atoms with Crippen LogP contribution < -0.4 is 20.0 Å². The SMILES string of the molecule is CN(C)c1ccc(C(=O)Nc2cc(N3CCN(c4ccccc4)CC3)ncn2)cc1. The molecule has 0 atom stereocenters. The standard InChI is InChI=1S/C23H26N6O/c1-27(2)19-10-8-18(9-11-19)23(30)26-21-16-22(25-17-24-21)29-14-12-28(13-15-29)20-6-4-3-5-7-20/h3-11,16-17H,12-15H2,1-2H3,(H,24,25,26,30). The van der Waals surface area contributed by atoms with E-state index in [0.717, 1.165) is 37.7 Å². The molecule has 1 fully saturated rings. The number of hydrogen-bond acceptors (Lipinski definition) is 6. The first kappa shape index (κ1) is 19.7. The highest BCUT2D eigenvalue weighted by atomic mass is 16.1. The van der Waals surface area contributed by atoms with Gasteiger partial charge in [-0.05, 0) is 36.4 Å². The van der Waals surface area contributed by atoms with E-state index in [0.29, 0.717) is 11.4 Å². The van der Waals surface area contributed by atoms with Crippen molar-refractivity contribution in [2.24, 2.45) is 0 Å². The van der Waals surface area contributed by atoms with Gasteiger partial charge in [0.15, 0.2) is 0 Å². The zero-order valence-corrected chi connectivity index (χ0v) is 17.3. The summed E-state index contributed by atoms with van der Waals surface area (Å²) in [5, 5.41) is 2.88. The number of benzene rings is 2. The summed E-state index contributed by atoms with van der Waals surface area (Å²) in [6.45, 7) is 3.58. The lowest BCUT2D eigenvalue weighted by atomic mass is 10.2. The Kier molecular flexibility index (Phi) is 5.79. The number of para-hydroxylation sites is 1. The minimum atomic E-state index is -0.182. The summed E-state index contributed by atoms with van der Waals surface area (Å²) >= 11 is 0. The molecule has 4 rings (SSSR count). The van der Waals surface area contributed by atoms with Crippen molar-refractivity contribution in [2.45, 2.75) is 0 Å². The van der Waals surface area contributed by atoms with Crippen LogP contribution in [0.5, 0.6) is 0 Å². The van der Waals surface area contributed by atoms with Gasteiger partial charge in [-0.3, -0.25) is 4.79 Å². The molecule has 1 amide bonds. The number of carbonyl (C=O) groups is 1. The summed E-state index contributed by atoms with van der Waals surface area (Å²) in [5.74, 6) is 1.15. The van der Waals surface area contributed by atoms with E-state index in [1.165, 1.54) is 12.0 Å². The van der Waals surface area contributed by atoms with Crippen molar-refractivity contribution in [3.63, 3.8) is 0 Å². The van der Waals surface area contributed by atoms with Gasteiger partial charge in [-0.25, -0.2) is 9.97 Å². The summed E-state index contributed by atoms with van der Waals surface area (Å²) in [6.07, 6.45) is 1.50. The monoisotopic (exact) mass is 402 g/mol. The number of aromatic nitrogens is 2. The number of anilines is 4. The molecule has 3 aromatic rings. The van der Waals surface area contributed by atoms with Gasteiger partial charge in [0.2, 0.25) is 0 Å². The van der Waals surface area contributed by atoms with Crippen LogP contribution in [-0.2, 0) is 0 Å². The summed E-state index contributed by atoms with van der Waals surface area (Å²) in [7, 11) is 3.94. The van der Waals surface area contributed by atoms with Crippen molar-refractivity contribution in [3.8, 4) is 0 Å². The van der Waals surface area contributed by atoms with Crippen molar-refractivity contribution < 1.29 is 4.79 Å². The largest absolute Gasteiger partial charge is 0.378 e. The molecule has 0 saturated carbocycles. The summed E-state index contributed by atoms with van der Waals surface area (Å²) in [6, 6.07) is 19.8. The summed E-state index contributed by atoms with van der Waals surface area (Å²) < 4.78 is 0. The van der Waals surface area contributed by atoms with E-state index >= 15 is 0 Å². The normalized spacial score (nSPS) is 13.8. The zero-order valence-electron chi connectivity index (χ0n) is 17.3. The zero-order chi connectivity index (χ0) is 20.9. The predicted octanol–water partition coefficient (Wildman–Crippen LogP) is 3.12. The molecule has 1 saturated heterocycles. The van der Waals surface area contributed by atoms with Gasteiger partial charge in [0, 0.05) is 63.3 Å². The third-order valence-electron chi connectivity index (χ3n) is 5.27. The molecule has 0 spiro atoms. The molecule has 0 aliphatic carbocycles. The highest BCUT2D eigenvalue weighted by Crippen LogP contribution is 2.20. The van der Waals surface area contributed by atoms with E-state index in [9.17, 15) is 4.79 Å². The molecule has 0 bridgehead atoms. The topological polar surface area (TPSA) is 64.6 Å². The van der Waals surface area contributed by atoms with E-state index in [2.05, 4.69) is 49.4 Å². The van der Waals surface area contributed by atoms with Crippen LogP contribution in [0.2, 0.25) is 0 Å². The predicted molar refractivity (Wildman–Crippen MR) is 122 cm³/mol. The number of piperazine rings is 1. The number of hydrogen-bond donors (Lipinski definition) is 1. The molecule has 7 heteroatoms. The molecule has 0 unspecified atom stereocenters. The second kappa shape index (κ2) is 8.82. The fraction of sp³-hybridized carbons (Fsp3) is 0.261. The van der Waals surface area contributed by atoms with Crippen LogP contribution in [0.4, 0.5) is 23.0 Å². The molecule has 1 N–H and O–H groups in total. The van der Waals surface area contributed by atoms with Crippen molar-refractivity contribution in [2.75, 3.05) is 60.3 Å². The van der Waals surface area contributed by atoms with Gasteiger partial charge in [-0.2, -0.15) is 0 Å². The summed E-state index contributed by atoms with van der Waals surface area (Å²) in [5.41, 5.74) is 2.89. The average molecular weight is 403 g/mol. The molecule has 1 aliphatic heterocycles. The highest BCUT2D eigenvalue weighted by molar-refractivity contribution is 6.04. The maximum Gasteiger partial charge on any atom is 0.256 e. The smallest absolute Gasteiger partial charge is 0.256 e. The minimum absolute atomic E-state index is 0.182. The third kappa shape index (κ3) is 4.51. The van der Waals surface area contributed by atoms with Gasteiger partial charge >= 0.3 is 0 Å². The molecule has 2 heterocycles. The lowest BCUT2D eigenvalue weighted by molar-refractivity contribution is 0.102. The maximum absolute atomic E-state index is 12.6. The van der Waals surface area contributed by atoms with Gasteiger partial charge in [0.1, 0.15) is 18.0 Å². The van der Waals surface area contributed by atoms with E-state index in [-0.39, 0.29) is 5.91 Å². The molecule has 7 nitrogen and oxygen atoms in total. The second-order valence-corrected chi connectivity index (χ2v) is 7.47. The van der Waals surface area contributed by atoms with Gasteiger partial charge in [0.05, 0.1) is 0 Å². The number of nitrogens with zero attached hydrogens (tertiary/aromatic N) is 5. The first-order chi connectivity index (χ1) is 14.6. The van der Waals surface area contributed by atoms with Crippen molar-refractivity contribution >= 4 is 28.9 Å². The Labute approximate surface area is 177 Å². The van der Waals surface area contributed by atoms with Crippen LogP contribution in [0.15, 0.2) is 67.0 Å². The van der Waals surface area contributed by atoms with E-state index in [1.807, 2.05) is 55.4 Å². The van der Waals surface area contributed by atoms with Gasteiger partial charge in [-0.1, -0.05) is 18.2 Å². The first-order valence-electron chi connectivity index (χ1n) is 10.1. The molecular weight excluding hydrogens is 376 g/mol. The Morgan fingerprint density at radius 2 is 1.57 bits per heavy atom. The molecule has 1 aliphatic rings. The first-order valence-corrected chi connectivity index (χ1v) is 10.1. The molecule has 30 heavy (non-hydrogen) atoms. The molecule has 154 valence electrons. The Hall–Kier alpha value is -3.61. The Balaban J connectivity index is 1.39. The number of rotatable bonds is 5. The van der Waals surface area contributed by atoms with Gasteiger partial charge < -0.3 is 20.0 Å². The fourth-order valence-corrected chi connectivity index (χ4v) is 3.52. The number of amides is 1. The maximum atomic E-state index is 12.6. The Bertz CT molecular complexity index is 982. The van der Waals surface area contributed by atoms with Crippen LogP contribution >= 0.6 is 0 Å². The van der Waals surface area contributed by atoms with Crippen LogP contribution in [0.25, 0.3) is 0 Å². The van der Waals surface area contributed by atoms with Gasteiger partial charge in [0.25, 0.3) is 5.91 Å². The van der Waals surface area contributed by atoms with E-state index in [4.69, 9.17) is 0 Å². The van der Waals surface area contributed by atoms with Crippen molar-refractivity contribution in [1.82, 2.24) is 9.97 Å². The molecular formula is C23H26N6O. The lowest BCUT2D eigenvalue weighted by Crippen LogP contribution is -2.46. The summed E-state index contributed by atoms with van der Waals surface area (Å²) in [4.78, 5) is 27.8. The highest BCUT2D eigenvalue weighted by Gasteiger charge is 2.19. The van der Waals surface area contributed by atoms with Crippen LogP contribution in [0.3, 0.4) is 0 Å². The van der Waals surface area contributed by atoms with Crippen LogP contribution in [-0.4, -0.2) is 56.1 Å². The lowest BCUT2D eigenvalue weighted by Gasteiger charge is -2.36. The average Bonchev–Trinajstić information content (AvgIpc) is 2.80. The molecule has 2 aromatic carbocycles. The van der Waals surface area contributed by atoms with Gasteiger partial charge in [-0.15, -0.1) is 0 Å². The number of nitrogens with one attached hydrogen (secondary N) is 1. The third-order valence-corrected chi connectivity index (χ3v) is 5.27. The van der Waals surface area contributed by atoms with Crippen LogP contribution in [0.1, 0.15) is 10.4 Å².